The molecule has 0 aliphatic heterocycles. The zero-order chi connectivity index (χ0) is 12.9. The second-order valence-electron chi connectivity index (χ2n) is 5.63. The van der Waals surface area contributed by atoms with Gasteiger partial charge in [-0.25, -0.2) is 0 Å². The molecule has 1 rings (SSSR count). The Morgan fingerprint density at radius 1 is 1.35 bits per heavy atom. The Morgan fingerprint density at radius 3 is 2.47 bits per heavy atom. The summed E-state index contributed by atoms with van der Waals surface area (Å²) < 4.78 is 0. The van der Waals surface area contributed by atoms with Crippen LogP contribution in [0.1, 0.15) is 33.1 Å². The minimum atomic E-state index is -0.128. The molecule has 0 radical (unpaired) electrons. The molecule has 2 nitrogen and oxygen atoms in total. The minimum Gasteiger partial charge on any atom is -0.299 e. The van der Waals surface area contributed by atoms with Crippen LogP contribution in [0.15, 0.2) is 25.3 Å². The summed E-state index contributed by atoms with van der Waals surface area (Å²) in [7, 11) is 0. The fourth-order valence-electron chi connectivity index (χ4n) is 2.67. The first kappa shape index (κ1) is 14.2. The summed E-state index contributed by atoms with van der Waals surface area (Å²) in [5.74, 6) is 0.625. The van der Waals surface area contributed by atoms with Gasteiger partial charge in [-0.3, -0.25) is 9.69 Å². The van der Waals surface area contributed by atoms with Crippen molar-refractivity contribution in [1.29, 1.82) is 0 Å². The first-order valence-corrected chi connectivity index (χ1v) is 6.49. The molecule has 1 saturated carbocycles. The van der Waals surface area contributed by atoms with Crippen molar-refractivity contribution in [3.05, 3.63) is 25.3 Å². The summed E-state index contributed by atoms with van der Waals surface area (Å²) in [6.07, 6.45) is 7.02. The molecule has 0 N–H and O–H groups in total. The predicted octanol–water partition coefficient (Wildman–Crippen LogP) is 3.06. The lowest BCUT2D eigenvalue weighted by Gasteiger charge is -2.35. The van der Waals surface area contributed by atoms with Crippen molar-refractivity contribution >= 4 is 5.78 Å². The van der Waals surface area contributed by atoms with Crippen LogP contribution in [-0.4, -0.2) is 30.3 Å². The quantitative estimate of drug-likeness (QED) is 0.659. The van der Waals surface area contributed by atoms with E-state index in [1.807, 2.05) is 12.2 Å². The van der Waals surface area contributed by atoms with Crippen molar-refractivity contribution in [1.82, 2.24) is 4.90 Å². The highest BCUT2D eigenvalue weighted by Gasteiger charge is 2.37. The SMILES string of the molecule is C=CCN(CC=C)CC1CCCC(C)(C)C1=O. The Balaban J connectivity index is 2.62. The first-order valence-electron chi connectivity index (χ1n) is 6.49. The van der Waals surface area contributed by atoms with E-state index in [9.17, 15) is 4.79 Å². The Bertz CT molecular complexity index is 283. The Morgan fingerprint density at radius 2 is 1.94 bits per heavy atom. The Hall–Kier alpha value is -0.890. The number of carbonyl (C=O) groups is 1. The number of Topliss-reactive ketones (excluding diaryl/α,β-unsaturated/α-hetero) is 1. The van der Waals surface area contributed by atoms with E-state index in [0.717, 1.165) is 32.5 Å². The molecular formula is C15H25NO. The monoisotopic (exact) mass is 235 g/mol. The van der Waals surface area contributed by atoms with Gasteiger partial charge in [-0.15, -0.1) is 13.2 Å². The number of hydrogen-bond acceptors (Lipinski definition) is 2. The Kier molecular flexibility index (Phi) is 5.13. The molecule has 1 fully saturated rings. The molecule has 96 valence electrons. The summed E-state index contributed by atoms with van der Waals surface area (Å²) in [6, 6.07) is 0. The van der Waals surface area contributed by atoms with Gasteiger partial charge in [0.15, 0.2) is 0 Å². The smallest absolute Gasteiger partial charge is 0.142 e. The maximum absolute atomic E-state index is 12.3. The number of carbonyl (C=O) groups excluding carboxylic acids is 1. The van der Waals surface area contributed by atoms with Gasteiger partial charge in [0.05, 0.1) is 0 Å². The topological polar surface area (TPSA) is 20.3 Å². The van der Waals surface area contributed by atoms with Crippen LogP contribution in [0.25, 0.3) is 0 Å². The minimum absolute atomic E-state index is 0.128. The van der Waals surface area contributed by atoms with E-state index in [4.69, 9.17) is 0 Å². The lowest BCUT2D eigenvalue weighted by molar-refractivity contribution is -0.134. The number of hydrogen-bond donors (Lipinski definition) is 0. The van der Waals surface area contributed by atoms with Gasteiger partial charge in [-0.2, -0.15) is 0 Å². The van der Waals surface area contributed by atoms with Crippen molar-refractivity contribution < 1.29 is 4.79 Å². The van der Waals surface area contributed by atoms with E-state index in [0.29, 0.717) is 5.78 Å². The predicted molar refractivity (Wildman–Crippen MR) is 73.0 cm³/mol. The highest BCUT2D eigenvalue weighted by molar-refractivity contribution is 5.87. The van der Waals surface area contributed by atoms with E-state index in [1.165, 1.54) is 6.42 Å². The molecule has 17 heavy (non-hydrogen) atoms. The number of nitrogens with zero attached hydrogens (tertiary/aromatic N) is 1. The maximum Gasteiger partial charge on any atom is 0.142 e. The molecule has 1 atom stereocenters. The van der Waals surface area contributed by atoms with Crippen molar-refractivity contribution in [2.45, 2.75) is 33.1 Å². The van der Waals surface area contributed by atoms with E-state index in [2.05, 4.69) is 31.9 Å². The van der Waals surface area contributed by atoms with Gasteiger partial charge < -0.3 is 0 Å². The molecule has 0 heterocycles. The summed E-state index contributed by atoms with van der Waals surface area (Å²) in [4.78, 5) is 14.6. The van der Waals surface area contributed by atoms with Gasteiger partial charge in [0.2, 0.25) is 0 Å². The average Bonchev–Trinajstić information content (AvgIpc) is 2.25. The van der Waals surface area contributed by atoms with E-state index < -0.39 is 0 Å². The number of rotatable bonds is 6. The highest BCUT2D eigenvalue weighted by atomic mass is 16.1. The van der Waals surface area contributed by atoms with Crippen LogP contribution in [0.3, 0.4) is 0 Å². The molecule has 2 heteroatoms. The van der Waals surface area contributed by atoms with Crippen LogP contribution in [0.5, 0.6) is 0 Å². The molecule has 0 amide bonds. The molecule has 1 aliphatic carbocycles. The zero-order valence-corrected chi connectivity index (χ0v) is 11.2. The van der Waals surface area contributed by atoms with Crippen molar-refractivity contribution in [2.75, 3.05) is 19.6 Å². The fraction of sp³-hybridized carbons (Fsp3) is 0.667. The van der Waals surface area contributed by atoms with Gasteiger partial charge in [-0.1, -0.05) is 32.4 Å². The average molecular weight is 235 g/mol. The third kappa shape index (κ3) is 3.81. The first-order chi connectivity index (χ1) is 8.01. The largest absolute Gasteiger partial charge is 0.299 e. The molecule has 1 aliphatic rings. The van der Waals surface area contributed by atoms with E-state index >= 15 is 0 Å². The maximum atomic E-state index is 12.3. The van der Waals surface area contributed by atoms with Gasteiger partial charge >= 0.3 is 0 Å². The van der Waals surface area contributed by atoms with Crippen LogP contribution in [0, 0.1) is 11.3 Å². The molecular weight excluding hydrogens is 210 g/mol. The normalized spacial score (nSPS) is 23.7. The van der Waals surface area contributed by atoms with Gasteiger partial charge in [-0.05, 0) is 12.8 Å². The standard InChI is InChI=1S/C15H25NO/c1-5-10-16(11-6-2)12-13-8-7-9-15(3,4)14(13)17/h5-6,13H,1-2,7-12H2,3-4H3. The molecule has 0 aromatic heterocycles. The molecule has 0 spiro atoms. The number of ketones is 1. The third-order valence-corrected chi connectivity index (χ3v) is 3.65. The summed E-state index contributed by atoms with van der Waals surface area (Å²) in [5.41, 5.74) is -0.128. The van der Waals surface area contributed by atoms with E-state index in [1.54, 1.807) is 0 Å². The summed E-state index contributed by atoms with van der Waals surface area (Å²) in [6.45, 7) is 14.2. The fourth-order valence-corrected chi connectivity index (χ4v) is 2.67. The van der Waals surface area contributed by atoms with Crippen LogP contribution in [0.2, 0.25) is 0 Å². The molecule has 0 saturated heterocycles. The van der Waals surface area contributed by atoms with Crippen LogP contribution in [0.4, 0.5) is 0 Å². The van der Waals surface area contributed by atoms with Gasteiger partial charge in [0.25, 0.3) is 0 Å². The summed E-state index contributed by atoms with van der Waals surface area (Å²) in [5, 5.41) is 0. The van der Waals surface area contributed by atoms with Gasteiger partial charge in [0.1, 0.15) is 5.78 Å². The second-order valence-corrected chi connectivity index (χ2v) is 5.63. The van der Waals surface area contributed by atoms with Crippen LogP contribution in [-0.2, 0) is 4.79 Å². The molecule has 1 unspecified atom stereocenters. The van der Waals surface area contributed by atoms with Crippen molar-refractivity contribution in [3.63, 3.8) is 0 Å². The zero-order valence-electron chi connectivity index (χ0n) is 11.2. The Labute approximate surface area is 105 Å². The van der Waals surface area contributed by atoms with E-state index in [-0.39, 0.29) is 11.3 Å². The third-order valence-electron chi connectivity index (χ3n) is 3.65. The lowest BCUT2D eigenvalue weighted by atomic mass is 9.71. The molecule has 0 bridgehead atoms. The van der Waals surface area contributed by atoms with Crippen LogP contribution < -0.4 is 0 Å². The lowest BCUT2D eigenvalue weighted by Crippen LogP contribution is -2.41. The van der Waals surface area contributed by atoms with Crippen molar-refractivity contribution in [3.8, 4) is 0 Å². The summed E-state index contributed by atoms with van der Waals surface area (Å²) >= 11 is 0. The van der Waals surface area contributed by atoms with Gasteiger partial charge in [0, 0.05) is 31.0 Å². The molecule has 0 aromatic rings. The van der Waals surface area contributed by atoms with Crippen molar-refractivity contribution in [2.24, 2.45) is 11.3 Å². The molecule has 0 aromatic carbocycles. The highest BCUT2D eigenvalue weighted by Crippen LogP contribution is 2.35. The van der Waals surface area contributed by atoms with Crippen LogP contribution >= 0.6 is 0 Å². The second kappa shape index (κ2) is 6.15.